The van der Waals surface area contributed by atoms with Crippen LogP contribution in [-0.2, 0) is 4.79 Å². The van der Waals surface area contributed by atoms with Crippen LogP contribution in [0.4, 0.5) is 5.00 Å². The average Bonchev–Trinajstić information content (AvgIpc) is 2.76. The van der Waals surface area contributed by atoms with E-state index in [1.165, 1.54) is 6.07 Å². The molecule has 1 saturated carbocycles. The smallest absolute Gasteiger partial charge is 0.324 e. The number of carboxylic acid groups (broad SMARTS) is 1. The first-order valence-electron chi connectivity index (χ1n) is 4.06. The molecule has 0 aliphatic heterocycles. The maximum absolute atomic E-state index is 10.6. The summed E-state index contributed by atoms with van der Waals surface area (Å²) in [6.07, 6.45) is 0.604. The SMILES string of the molecule is O=C(O)[C@@H]1C[C@H]1c1ccc([N+](=O)[O-])s1. The van der Waals surface area contributed by atoms with Crippen molar-refractivity contribution in [3.63, 3.8) is 0 Å². The molecule has 2 rings (SSSR count). The van der Waals surface area contributed by atoms with Crippen molar-refractivity contribution in [2.75, 3.05) is 0 Å². The molecule has 74 valence electrons. The summed E-state index contributed by atoms with van der Waals surface area (Å²) in [5.74, 6) is -1.16. The summed E-state index contributed by atoms with van der Waals surface area (Å²) in [6, 6.07) is 3.08. The second-order valence-electron chi connectivity index (χ2n) is 3.22. The van der Waals surface area contributed by atoms with Crippen LogP contribution in [0.2, 0.25) is 0 Å². The third kappa shape index (κ3) is 1.48. The van der Waals surface area contributed by atoms with Crippen LogP contribution in [0.5, 0.6) is 0 Å². The number of aliphatic carboxylic acids is 1. The van der Waals surface area contributed by atoms with E-state index in [9.17, 15) is 14.9 Å². The summed E-state index contributed by atoms with van der Waals surface area (Å²) < 4.78 is 0. The second kappa shape index (κ2) is 3.06. The predicted molar refractivity (Wildman–Crippen MR) is 49.5 cm³/mol. The quantitative estimate of drug-likeness (QED) is 0.613. The highest BCUT2D eigenvalue weighted by atomic mass is 32.1. The van der Waals surface area contributed by atoms with Gasteiger partial charge in [0.05, 0.1) is 10.8 Å². The highest BCUT2D eigenvalue weighted by molar-refractivity contribution is 7.15. The number of nitrogens with zero attached hydrogens (tertiary/aromatic N) is 1. The predicted octanol–water partition coefficient (Wildman–Crippen LogP) is 1.84. The van der Waals surface area contributed by atoms with Gasteiger partial charge in [-0.3, -0.25) is 14.9 Å². The molecule has 0 aromatic carbocycles. The molecule has 0 radical (unpaired) electrons. The minimum Gasteiger partial charge on any atom is -0.481 e. The van der Waals surface area contributed by atoms with Gasteiger partial charge in [0.25, 0.3) is 0 Å². The lowest BCUT2D eigenvalue weighted by atomic mass is 10.3. The fraction of sp³-hybridized carbons (Fsp3) is 0.375. The Balaban J connectivity index is 2.12. The van der Waals surface area contributed by atoms with Crippen LogP contribution in [0.25, 0.3) is 0 Å². The summed E-state index contributed by atoms with van der Waals surface area (Å²) >= 11 is 1.07. The van der Waals surface area contributed by atoms with E-state index in [0.717, 1.165) is 16.2 Å². The molecule has 14 heavy (non-hydrogen) atoms. The minimum atomic E-state index is -0.814. The van der Waals surface area contributed by atoms with Crippen LogP contribution in [-0.4, -0.2) is 16.0 Å². The minimum absolute atomic E-state index is 0.00815. The topological polar surface area (TPSA) is 80.4 Å². The van der Waals surface area contributed by atoms with Crippen molar-refractivity contribution in [3.8, 4) is 0 Å². The summed E-state index contributed by atoms with van der Waals surface area (Å²) in [4.78, 5) is 21.3. The number of carbonyl (C=O) groups is 1. The number of thiophene rings is 1. The van der Waals surface area contributed by atoms with Gasteiger partial charge >= 0.3 is 11.0 Å². The lowest BCUT2D eigenvalue weighted by molar-refractivity contribution is -0.380. The highest BCUT2D eigenvalue weighted by Gasteiger charge is 2.45. The van der Waals surface area contributed by atoms with Crippen LogP contribution in [0.1, 0.15) is 17.2 Å². The van der Waals surface area contributed by atoms with Crippen LogP contribution in [0, 0.1) is 16.0 Å². The first kappa shape index (κ1) is 9.14. The zero-order valence-corrected chi connectivity index (χ0v) is 7.86. The molecule has 0 saturated heterocycles. The van der Waals surface area contributed by atoms with Crippen molar-refractivity contribution >= 4 is 22.3 Å². The van der Waals surface area contributed by atoms with Crippen molar-refractivity contribution in [2.24, 2.45) is 5.92 Å². The number of rotatable bonds is 3. The molecule has 1 heterocycles. The van der Waals surface area contributed by atoms with Gasteiger partial charge in [-0.15, -0.1) is 0 Å². The Hall–Kier alpha value is -1.43. The molecule has 1 aromatic rings. The molecule has 2 atom stereocenters. The van der Waals surface area contributed by atoms with Gasteiger partial charge in [-0.2, -0.15) is 0 Å². The van der Waals surface area contributed by atoms with E-state index in [1.54, 1.807) is 6.07 Å². The van der Waals surface area contributed by atoms with Crippen molar-refractivity contribution in [3.05, 3.63) is 27.1 Å². The largest absolute Gasteiger partial charge is 0.481 e. The van der Waals surface area contributed by atoms with Crippen molar-refractivity contribution in [1.82, 2.24) is 0 Å². The molecule has 6 heteroatoms. The molecule has 0 spiro atoms. The maximum Gasteiger partial charge on any atom is 0.324 e. The van der Waals surface area contributed by atoms with Crippen LogP contribution >= 0.6 is 11.3 Å². The summed E-state index contributed by atoms with van der Waals surface area (Å²) in [7, 11) is 0. The fourth-order valence-electron chi connectivity index (χ4n) is 1.42. The number of nitro groups is 1. The lowest BCUT2D eigenvalue weighted by Crippen LogP contribution is -1.97. The van der Waals surface area contributed by atoms with E-state index in [2.05, 4.69) is 0 Å². The average molecular weight is 213 g/mol. The summed E-state index contributed by atoms with van der Waals surface area (Å²) in [5.41, 5.74) is 0. The van der Waals surface area contributed by atoms with E-state index in [0.29, 0.717) is 6.42 Å². The van der Waals surface area contributed by atoms with Crippen molar-refractivity contribution < 1.29 is 14.8 Å². The molecular formula is C8H7NO4S. The standard InChI is InChI=1S/C8H7NO4S/c10-8(11)5-3-4(5)6-1-2-7(14-6)9(12)13/h1-2,4-5H,3H2,(H,10,11)/t4-,5-/m1/s1. The van der Waals surface area contributed by atoms with E-state index in [4.69, 9.17) is 5.11 Å². The van der Waals surface area contributed by atoms with Gasteiger partial charge in [0.2, 0.25) is 0 Å². The second-order valence-corrected chi connectivity index (χ2v) is 4.31. The van der Waals surface area contributed by atoms with Crippen LogP contribution in [0.15, 0.2) is 12.1 Å². The Morgan fingerprint density at radius 1 is 1.64 bits per heavy atom. The number of hydrogen-bond acceptors (Lipinski definition) is 4. The van der Waals surface area contributed by atoms with Crippen LogP contribution in [0.3, 0.4) is 0 Å². The van der Waals surface area contributed by atoms with Crippen molar-refractivity contribution in [1.29, 1.82) is 0 Å². The Bertz CT molecular complexity index is 400. The lowest BCUT2D eigenvalue weighted by Gasteiger charge is -1.89. The third-order valence-corrected chi connectivity index (χ3v) is 3.43. The first-order valence-corrected chi connectivity index (χ1v) is 4.88. The molecule has 1 aromatic heterocycles. The molecule has 0 unspecified atom stereocenters. The van der Waals surface area contributed by atoms with Gasteiger partial charge in [0, 0.05) is 16.9 Å². The van der Waals surface area contributed by atoms with Crippen molar-refractivity contribution in [2.45, 2.75) is 12.3 Å². The highest BCUT2D eigenvalue weighted by Crippen LogP contribution is 2.50. The molecule has 5 nitrogen and oxygen atoms in total. The summed E-state index contributed by atoms with van der Waals surface area (Å²) in [6.45, 7) is 0. The molecular weight excluding hydrogens is 206 g/mol. The molecule has 1 N–H and O–H groups in total. The Morgan fingerprint density at radius 3 is 2.79 bits per heavy atom. The van der Waals surface area contributed by atoms with Gasteiger partial charge in [-0.1, -0.05) is 11.3 Å². The molecule has 0 amide bonds. The fourth-order valence-corrected chi connectivity index (χ4v) is 2.42. The zero-order valence-electron chi connectivity index (χ0n) is 7.04. The zero-order chi connectivity index (χ0) is 10.3. The summed E-state index contributed by atoms with van der Waals surface area (Å²) in [5, 5.41) is 19.1. The van der Waals surface area contributed by atoms with E-state index < -0.39 is 10.9 Å². The monoisotopic (exact) mass is 213 g/mol. The number of hydrogen-bond donors (Lipinski definition) is 1. The Morgan fingerprint density at radius 2 is 2.36 bits per heavy atom. The maximum atomic E-state index is 10.6. The van der Waals surface area contributed by atoms with Gasteiger partial charge in [-0.25, -0.2) is 0 Å². The van der Waals surface area contributed by atoms with E-state index in [-0.39, 0.29) is 16.8 Å². The van der Waals surface area contributed by atoms with Gasteiger partial charge in [0.15, 0.2) is 0 Å². The normalized spacial score (nSPS) is 24.6. The Kier molecular flexibility index (Phi) is 1.99. The van der Waals surface area contributed by atoms with Crippen LogP contribution < -0.4 is 0 Å². The van der Waals surface area contributed by atoms with E-state index in [1.807, 2.05) is 0 Å². The van der Waals surface area contributed by atoms with Gasteiger partial charge in [-0.05, 0) is 12.5 Å². The number of carboxylic acids is 1. The van der Waals surface area contributed by atoms with Gasteiger partial charge < -0.3 is 5.11 Å². The first-order chi connectivity index (χ1) is 6.59. The molecule has 1 fully saturated rings. The molecule has 0 bridgehead atoms. The molecule has 1 aliphatic carbocycles. The van der Waals surface area contributed by atoms with E-state index >= 15 is 0 Å². The Labute approximate surface area is 83.1 Å². The molecule has 1 aliphatic rings. The third-order valence-electron chi connectivity index (χ3n) is 2.27. The van der Waals surface area contributed by atoms with Gasteiger partial charge in [0.1, 0.15) is 0 Å².